The number of anilines is 1. The molecule has 1 aliphatic carbocycles. The van der Waals surface area contributed by atoms with E-state index in [-0.39, 0.29) is 17.6 Å². The number of pyridine rings is 1. The van der Waals surface area contributed by atoms with Crippen molar-refractivity contribution in [2.45, 2.75) is 84.0 Å². The fraction of sp³-hybridized carbons (Fsp3) is 0.577. The molecule has 5 rings (SSSR count). The number of H-pyrrole nitrogens is 1. The molecule has 11 nitrogen and oxygen atoms in total. The fourth-order valence-corrected chi connectivity index (χ4v) is 5.09. The highest BCUT2D eigenvalue weighted by atomic mass is 16.6. The first-order valence-corrected chi connectivity index (χ1v) is 13.0. The smallest absolute Gasteiger partial charge is 0.407 e. The molecule has 1 atom stereocenters. The monoisotopic (exact) mass is 508 g/mol. The number of aromatic amines is 1. The minimum atomic E-state index is -0.544. The first-order valence-electron chi connectivity index (χ1n) is 13.0. The lowest BCUT2D eigenvalue weighted by molar-refractivity contribution is 0.0463. The van der Waals surface area contributed by atoms with E-state index in [4.69, 9.17) is 4.74 Å². The van der Waals surface area contributed by atoms with Gasteiger partial charge in [0.25, 0.3) is 0 Å². The van der Waals surface area contributed by atoms with Crippen molar-refractivity contribution in [3.8, 4) is 11.4 Å². The van der Waals surface area contributed by atoms with E-state index < -0.39 is 11.7 Å². The Kier molecular flexibility index (Phi) is 6.33. The molecule has 1 unspecified atom stereocenters. The first-order chi connectivity index (χ1) is 17.5. The van der Waals surface area contributed by atoms with E-state index in [1.807, 2.05) is 42.6 Å². The van der Waals surface area contributed by atoms with E-state index in [9.17, 15) is 9.59 Å². The van der Waals surface area contributed by atoms with Crippen molar-refractivity contribution in [2.24, 2.45) is 5.92 Å². The van der Waals surface area contributed by atoms with Crippen LogP contribution in [0.15, 0.2) is 24.7 Å². The number of ether oxygens (including phenoxy) is 1. The van der Waals surface area contributed by atoms with Gasteiger partial charge in [0.15, 0.2) is 0 Å². The molecule has 3 aromatic rings. The lowest BCUT2D eigenvalue weighted by atomic mass is 9.95. The second-order valence-corrected chi connectivity index (χ2v) is 11.6. The molecule has 3 amide bonds. The van der Waals surface area contributed by atoms with E-state index in [0.717, 1.165) is 36.7 Å². The highest BCUT2D eigenvalue weighted by molar-refractivity contribution is 5.94. The Morgan fingerprint density at radius 2 is 2.03 bits per heavy atom. The number of hydrogen-bond acceptors (Lipinski definition) is 6. The molecule has 0 aromatic carbocycles. The molecule has 1 saturated heterocycles. The Balaban J connectivity index is 1.28. The summed E-state index contributed by atoms with van der Waals surface area (Å²) in [5.41, 5.74) is 2.13. The SMILES string of the molecule is CC(C)Cn1ncc2cnc(-c3[nH]ncc3NC(=O)N3CCC(NC(=O)OC(C)(C)C)CC34CC4)cc21. The Morgan fingerprint density at radius 3 is 2.73 bits per heavy atom. The summed E-state index contributed by atoms with van der Waals surface area (Å²) in [6, 6.07) is 1.80. The van der Waals surface area contributed by atoms with Gasteiger partial charge in [0.1, 0.15) is 11.3 Å². The standard InChI is InChI=1S/C26H36N8O3/c1-16(2)15-34-21-10-19(27-12-17(21)13-29-34)22-20(14-28-32-22)31-23(35)33-9-6-18(11-26(33)7-8-26)30-24(36)37-25(3,4)5/h10,12-14,16,18H,6-9,11,15H2,1-5H3,(H,28,32)(H,30,36)(H,31,35). The average molecular weight is 509 g/mol. The van der Waals surface area contributed by atoms with Crippen molar-refractivity contribution >= 4 is 28.7 Å². The molecule has 3 aromatic heterocycles. The maximum Gasteiger partial charge on any atom is 0.407 e. The molecule has 37 heavy (non-hydrogen) atoms. The van der Waals surface area contributed by atoms with Crippen molar-refractivity contribution in [3.63, 3.8) is 0 Å². The van der Waals surface area contributed by atoms with Gasteiger partial charge in [-0.25, -0.2) is 9.59 Å². The summed E-state index contributed by atoms with van der Waals surface area (Å²) >= 11 is 0. The summed E-state index contributed by atoms with van der Waals surface area (Å²) in [7, 11) is 0. The van der Waals surface area contributed by atoms with E-state index in [2.05, 4.69) is 44.8 Å². The van der Waals surface area contributed by atoms with Crippen LogP contribution in [0, 0.1) is 5.92 Å². The van der Waals surface area contributed by atoms with Crippen molar-refractivity contribution in [1.82, 2.24) is 35.2 Å². The number of aromatic nitrogens is 5. The number of rotatable bonds is 5. The zero-order valence-corrected chi connectivity index (χ0v) is 22.2. The number of hydrogen-bond donors (Lipinski definition) is 3. The molecular formula is C26H36N8O3. The van der Waals surface area contributed by atoms with Crippen LogP contribution in [0.1, 0.15) is 60.3 Å². The summed E-state index contributed by atoms with van der Waals surface area (Å²) in [6.07, 6.45) is 8.05. The van der Waals surface area contributed by atoms with E-state index in [0.29, 0.717) is 36.0 Å². The normalized spacial score (nSPS) is 18.9. The van der Waals surface area contributed by atoms with E-state index in [1.165, 1.54) is 0 Å². The van der Waals surface area contributed by atoms with Crippen molar-refractivity contribution in [2.75, 3.05) is 11.9 Å². The largest absolute Gasteiger partial charge is 0.444 e. The number of amides is 3. The van der Waals surface area contributed by atoms with Crippen LogP contribution in [0.2, 0.25) is 0 Å². The lowest BCUT2D eigenvalue weighted by Gasteiger charge is -2.40. The van der Waals surface area contributed by atoms with Gasteiger partial charge >= 0.3 is 12.1 Å². The fourth-order valence-electron chi connectivity index (χ4n) is 5.09. The van der Waals surface area contributed by atoms with Gasteiger partial charge in [0.05, 0.1) is 29.3 Å². The Morgan fingerprint density at radius 1 is 1.24 bits per heavy atom. The molecule has 0 bridgehead atoms. The second-order valence-electron chi connectivity index (χ2n) is 11.6. The highest BCUT2D eigenvalue weighted by Gasteiger charge is 2.53. The number of urea groups is 1. The molecular weight excluding hydrogens is 472 g/mol. The number of likely N-dealkylation sites (tertiary alicyclic amines) is 1. The van der Waals surface area contributed by atoms with Crippen LogP contribution in [-0.2, 0) is 11.3 Å². The number of alkyl carbamates (subject to hydrolysis) is 1. The predicted molar refractivity (Wildman–Crippen MR) is 140 cm³/mol. The van der Waals surface area contributed by atoms with Crippen LogP contribution < -0.4 is 10.6 Å². The lowest BCUT2D eigenvalue weighted by Crippen LogP contribution is -2.55. The van der Waals surface area contributed by atoms with Crippen molar-refractivity contribution < 1.29 is 14.3 Å². The average Bonchev–Trinajstić information content (AvgIpc) is 3.22. The summed E-state index contributed by atoms with van der Waals surface area (Å²) < 4.78 is 7.39. The van der Waals surface area contributed by atoms with Gasteiger partial charge in [-0.05, 0) is 58.4 Å². The molecule has 11 heteroatoms. The van der Waals surface area contributed by atoms with Crippen LogP contribution in [0.3, 0.4) is 0 Å². The van der Waals surface area contributed by atoms with Crippen LogP contribution in [0.4, 0.5) is 15.3 Å². The molecule has 1 saturated carbocycles. The van der Waals surface area contributed by atoms with Crippen LogP contribution in [-0.4, -0.2) is 65.7 Å². The number of nitrogens with zero attached hydrogens (tertiary/aromatic N) is 5. The number of carbonyl (C=O) groups is 2. The molecule has 3 N–H and O–H groups in total. The van der Waals surface area contributed by atoms with Gasteiger partial charge in [-0.1, -0.05) is 13.8 Å². The zero-order chi connectivity index (χ0) is 26.4. The summed E-state index contributed by atoms with van der Waals surface area (Å²) in [6.45, 7) is 11.2. The summed E-state index contributed by atoms with van der Waals surface area (Å²) in [5, 5.41) is 18.7. The number of piperidine rings is 1. The molecule has 4 heterocycles. The van der Waals surface area contributed by atoms with E-state index >= 15 is 0 Å². The highest BCUT2D eigenvalue weighted by Crippen LogP contribution is 2.48. The number of fused-ring (bicyclic) bond motifs is 1. The minimum absolute atomic E-state index is 0.0162. The maximum absolute atomic E-state index is 13.4. The third-order valence-corrected chi connectivity index (χ3v) is 6.89. The van der Waals surface area contributed by atoms with Crippen LogP contribution in [0.25, 0.3) is 22.3 Å². The third kappa shape index (κ3) is 5.40. The van der Waals surface area contributed by atoms with Gasteiger partial charge in [-0.3, -0.25) is 14.8 Å². The number of carbonyl (C=O) groups excluding carboxylic acids is 2. The molecule has 2 aliphatic rings. The Hall–Kier alpha value is -3.63. The van der Waals surface area contributed by atoms with Crippen molar-refractivity contribution in [1.29, 1.82) is 0 Å². The second kappa shape index (κ2) is 9.35. The summed E-state index contributed by atoms with van der Waals surface area (Å²) in [5.74, 6) is 0.458. The van der Waals surface area contributed by atoms with E-state index in [1.54, 1.807) is 12.4 Å². The topological polar surface area (TPSA) is 130 Å². The van der Waals surface area contributed by atoms with Gasteiger partial charge < -0.3 is 20.3 Å². The van der Waals surface area contributed by atoms with Crippen LogP contribution in [0.5, 0.6) is 0 Å². The van der Waals surface area contributed by atoms with Crippen molar-refractivity contribution in [3.05, 3.63) is 24.7 Å². The molecule has 198 valence electrons. The third-order valence-electron chi connectivity index (χ3n) is 6.89. The Labute approximate surface area is 216 Å². The van der Waals surface area contributed by atoms with Crippen LogP contribution >= 0.6 is 0 Å². The van der Waals surface area contributed by atoms with Gasteiger partial charge in [0.2, 0.25) is 0 Å². The van der Waals surface area contributed by atoms with Gasteiger partial charge in [-0.2, -0.15) is 10.2 Å². The summed E-state index contributed by atoms with van der Waals surface area (Å²) in [4.78, 5) is 32.1. The molecule has 1 spiro atoms. The molecule has 0 radical (unpaired) electrons. The first kappa shape index (κ1) is 25.0. The number of nitrogens with one attached hydrogen (secondary N) is 3. The maximum atomic E-state index is 13.4. The van der Waals surface area contributed by atoms with Gasteiger partial charge in [0, 0.05) is 36.3 Å². The zero-order valence-electron chi connectivity index (χ0n) is 22.2. The predicted octanol–water partition coefficient (Wildman–Crippen LogP) is 4.53. The quantitative estimate of drug-likeness (QED) is 0.464. The Bertz CT molecular complexity index is 1300. The van der Waals surface area contributed by atoms with Gasteiger partial charge in [-0.15, -0.1) is 0 Å². The molecule has 1 aliphatic heterocycles. The minimum Gasteiger partial charge on any atom is -0.444 e. The molecule has 2 fully saturated rings.